The number of carbonyl (C=O) groups is 3. The highest BCUT2D eigenvalue weighted by molar-refractivity contribution is 8.01. The number of hydrogen-bond donors (Lipinski definition) is 2. The van der Waals surface area contributed by atoms with Gasteiger partial charge in [0.15, 0.2) is 0 Å². The lowest BCUT2D eigenvalue weighted by atomic mass is 9.95. The molecule has 2 aliphatic rings. The molecule has 0 unspecified atom stereocenters. The molecule has 0 spiro atoms. The molecule has 0 aliphatic carbocycles. The van der Waals surface area contributed by atoms with Crippen LogP contribution in [0.1, 0.15) is 39.4 Å². The Balaban J connectivity index is 1.84. The molecular formula is C21H22N2O5S. The van der Waals surface area contributed by atoms with E-state index in [0.29, 0.717) is 0 Å². The first-order chi connectivity index (χ1) is 16.3. The van der Waals surface area contributed by atoms with Crippen LogP contribution in [-0.4, -0.2) is 56.6 Å². The number of hydrogen-bond acceptors (Lipinski definition) is 5. The smallest absolute Gasteiger partial charge is 0.327 e. The molecule has 2 amide bonds. The molecule has 2 heterocycles. The number of carbonyl (C=O) groups excluding carboxylic acids is 2. The number of benzene rings is 2. The Hall–Kier alpha value is -2.74. The Morgan fingerprint density at radius 1 is 1.31 bits per heavy atom. The van der Waals surface area contributed by atoms with Gasteiger partial charge >= 0.3 is 5.97 Å². The van der Waals surface area contributed by atoms with E-state index in [1.54, 1.807) is 20.8 Å². The number of amides is 2. The van der Waals surface area contributed by atoms with Crippen LogP contribution in [0, 0.1) is 0 Å². The van der Waals surface area contributed by atoms with Crippen molar-refractivity contribution in [2.45, 2.75) is 43.0 Å². The van der Waals surface area contributed by atoms with Crippen LogP contribution in [0.25, 0.3) is 10.8 Å². The average Bonchev–Trinajstić information content (AvgIpc) is 3.05. The molecular weight excluding hydrogens is 392 g/mol. The van der Waals surface area contributed by atoms with E-state index in [-0.39, 0.29) is 28.7 Å². The molecule has 0 bridgehead atoms. The molecule has 2 aromatic carbocycles. The Kier molecular flexibility index (Phi) is 3.23. The van der Waals surface area contributed by atoms with E-state index >= 15 is 0 Å². The Bertz CT molecular complexity index is 1320. The molecule has 2 aromatic rings. The third kappa shape index (κ3) is 3.02. The first-order valence-corrected chi connectivity index (χ1v) is 9.83. The zero-order valence-electron chi connectivity index (χ0n) is 21.9. The van der Waals surface area contributed by atoms with Crippen LogP contribution in [0.15, 0.2) is 36.3 Å². The van der Waals surface area contributed by atoms with Gasteiger partial charge in [0.1, 0.15) is 23.2 Å². The minimum absolute atomic E-state index is 0.00548. The van der Waals surface area contributed by atoms with Crippen molar-refractivity contribution in [1.29, 1.82) is 0 Å². The molecule has 2 fully saturated rings. The summed E-state index contributed by atoms with van der Waals surface area (Å²) in [5, 5.41) is 10.9. The molecule has 4 rings (SSSR count). The molecule has 0 saturated carbocycles. The van der Waals surface area contributed by atoms with E-state index in [2.05, 4.69) is 5.32 Å². The van der Waals surface area contributed by atoms with Crippen molar-refractivity contribution in [2.75, 3.05) is 6.61 Å². The summed E-state index contributed by atoms with van der Waals surface area (Å²) in [7, 11) is 0. The zero-order chi connectivity index (χ0) is 26.1. The maximum absolute atomic E-state index is 13.5. The molecule has 7 nitrogen and oxygen atoms in total. The van der Waals surface area contributed by atoms with Gasteiger partial charge in [-0.3, -0.25) is 9.59 Å². The Morgan fingerprint density at radius 3 is 2.72 bits per heavy atom. The van der Waals surface area contributed by atoms with Crippen LogP contribution in [0.2, 0.25) is 0 Å². The van der Waals surface area contributed by atoms with Gasteiger partial charge in [-0.05, 0) is 37.6 Å². The summed E-state index contributed by atoms with van der Waals surface area (Å²) in [5.74, 6) is -3.01. The number of β-lactam (4-membered cyclic amide) rings is 1. The number of carboxylic acids is 1. The van der Waals surface area contributed by atoms with Crippen LogP contribution in [-0.2, 0) is 9.59 Å². The molecule has 3 atom stereocenters. The summed E-state index contributed by atoms with van der Waals surface area (Å²) in [6.07, 6.45) is 0. The minimum atomic E-state index is -1.16. The highest BCUT2D eigenvalue weighted by Gasteiger charge is 2.64. The normalized spacial score (nSPS) is 27.6. The molecule has 29 heavy (non-hydrogen) atoms. The first kappa shape index (κ1) is 13.5. The van der Waals surface area contributed by atoms with Crippen LogP contribution in [0.4, 0.5) is 0 Å². The highest BCUT2D eigenvalue weighted by atomic mass is 32.2. The topological polar surface area (TPSA) is 95.9 Å². The van der Waals surface area contributed by atoms with Crippen molar-refractivity contribution in [1.82, 2.24) is 10.2 Å². The Labute approximate surface area is 180 Å². The predicted octanol–water partition coefficient (Wildman–Crippen LogP) is 2.48. The third-order valence-corrected chi connectivity index (χ3v) is 6.51. The number of nitrogens with one attached hydrogen (secondary N) is 1. The summed E-state index contributed by atoms with van der Waals surface area (Å²) >= 11 is 1.23. The van der Waals surface area contributed by atoms with Gasteiger partial charge in [-0.15, -0.1) is 11.8 Å². The van der Waals surface area contributed by atoms with Crippen molar-refractivity contribution in [3.05, 3.63) is 41.8 Å². The van der Waals surface area contributed by atoms with E-state index in [0.717, 1.165) is 0 Å². The number of fused-ring (bicyclic) bond motifs is 2. The fraction of sp³-hybridized carbons (Fsp3) is 0.381. The number of ether oxygens (including phenoxy) is 1. The van der Waals surface area contributed by atoms with Crippen molar-refractivity contribution < 1.29 is 32.5 Å². The molecule has 2 aliphatic heterocycles. The van der Waals surface area contributed by atoms with Crippen molar-refractivity contribution in [2.24, 2.45) is 0 Å². The number of nitrogens with zero attached hydrogens (tertiary/aromatic N) is 1. The van der Waals surface area contributed by atoms with Gasteiger partial charge in [-0.1, -0.05) is 30.2 Å². The van der Waals surface area contributed by atoms with E-state index in [9.17, 15) is 19.5 Å². The maximum Gasteiger partial charge on any atom is 0.327 e. The second-order valence-electron chi connectivity index (χ2n) is 7.19. The summed E-state index contributed by atoms with van der Waals surface area (Å²) < 4.78 is 53.8. The van der Waals surface area contributed by atoms with Gasteiger partial charge < -0.3 is 20.1 Å². The number of carboxylic acid groups (broad SMARTS) is 1. The van der Waals surface area contributed by atoms with Gasteiger partial charge in [0.25, 0.3) is 5.91 Å². The summed E-state index contributed by atoms with van der Waals surface area (Å²) in [6, 6.07) is -5.59. The van der Waals surface area contributed by atoms with Crippen LogP contribution in [0.3, 0.4) is 0 Å². The van der Waals surface area contributed by atoms with E-state index in [4.69, 9.17) is 13.0 Å². The fourth-order valence-corrected chi connectivity index (χ4v) is 5.34. The van der Waals surface area contributed by atoms with E-state index in [1.807, 2.05) is 0 Å². The lowest BCUT2D eigenvalue weighted by Crippen LogP contribution is -2.70. The van der Waals surface area contributed by atoms with Crippen molar-refractivity contribution in [3.63, 3.8) is 0 Å². The van der Waals surface area contributed by atoms with Crippen molar-refractivity contribution >= 4 is 40.3 Å². The molecule has 0 radical (unpaired) electrons. The monoisotopic (exact) mass is 420 g/mol. The van der Waals surface area contributed by atoms with E-state index in [1.165, 1.54) is 16.7 Å². The van der Waals surface area contributed by atoms with Gasteiger partial charge in [0, 0.05) is 4.75 Å². The molecule has 152 valence electrons. The maximum atomic E-state index is 13.5. The number of thioether (sulfide) groups is 1. The largest absolute Gasteiger partial charge is 0.493 e. The van der Waals surface area contributed by atoms with Crippen molar-refractivity contribution in [3.8, 4) is 5.75 Å². The molecule has 2 saturated heterocycles. The zero-order valence-corrected chi connectivity index (χ0v) is 16.7. The second-order valence-corrected chi connectivity index (χ2v) is 8.96. The summed E-state index contributed by atoms with van der Waals surface area (Å²) in [4.78, 5) is 39.3. The quantitative estimate of drug-likeness (QED) is 0.722. The Morgan fingerprint density at radius 2 is 2.03 bits per heavy atom. The lowest BCUT2D eigenvalue weighted by molar-refractivity contribution is -0.159. The second kappa shape index (κ2) is 6.95. The number of rotatable bonds is 5. The van der Waals surface area contributed by atoms with E-state index < -0.39 is 76.2 Å². The fourth-order valence-electron chi connectivity index (χ4n) is 3.72. The minimum Gasteiger partial charge on any atom is -0.493 e. The van der Waals surface area contributed by atoms with Gasteiger partial charge in [0.2, 0.25) is 5.91 Å². The van der Waals surface area contributed by atoms with Gasteiger partial charge in [0.05, 0.1) is 20.4 Å². The molecule has 2 N–H and O–H groups in total. The number of aliphatic carboxylic acids is 1. The first-order valence-electron chi connectivity index (χ1n) is 12.0. The van der Waals surface area contributed by atoms with Crippen LogP contribution < -0.4 is 10.1 Å². The highest BCUT2D eigenvalue weighted by Crippen LogP contribution is 2.50. The van der Waals surface area contributed by atoms with Gasteiger partial charge in [-0.25, -0.2) is 4.79 Å². The predicted molar refractivity (Wildman–Crippen MR) is 110 cm³/mol. The summed E-state index contributed by atoms with van der Waals surface area (Å²) in [6.45, 7) is 4.98. The third-order valence-electron chi connectivity index (χ3n) is 4.94. The summed E-state index contributed by atoms with van der Waals surface area (Å²) in [5.41, 5.74) is -0.377. The average molecular weight is 421 g/mol. The molecule has 8 heteroatoms. The molecule has 0 aromatic heterocycles. The van der Waals surface area contributed by atoms with Crippen LogP contribution >= 0.6 is 11.8 Å². The SMILES string of the molecule is [2H]c1c([2H])c([2H])c2c(C(=O)N[C@@H]3C(=O)N4[C@@H]3SC(C)(C)[C@@H]4C(=O)O)c(OCC)c([2H])c([2H])c2c1[2H]. The van der Waals surface area contributed by atoms with Crippen LogP contribution in [0.5, 0.6) is 5.75 Å². The van der Waals surface area contributed by atoms with Gasteiger partial charge in [-0.2, -0.15) is 0 Å². The standard InChI is InChI=1S/C21H22N2O5S/c1-4-28-13-10-9-11-7-5-6-8-12(11)14(13)17(24)22-15-18(25)23-16(20(26)27)21(2,3)29-19(15)23/h5-10,15-16,19H,4H2,1-3H3,(H,22,24)(H,26,27)/t15-,16+,19-/m1/s1/i5D,6D,7D,8D,9D,10D. The lowest BCUT2D eigenvalue weighted by Gasteiger charge is -2.43.